The van der Waals surface area contributed by atoms with Gasteiger partial charge < -0.3 is 4.90 Å². The molecule has 0 aromatic heterocycles. The molecule has 1 heterocycles. The van der Waals surface area contributed by atoms with Crippen LogP contribution in [0.3, 0.4) is 0 Å². The lowest BCUT2D eigenvalue weighted by Gasteiger charge is -2.38. The molecule has 1 saturated heterocycles. The molecule has 0 aliphatic carbocycles. The second-order valence-corrected chi connectivity index (χ2v) is 5.65. The van der Waals surface area contributed by atoms with Crippen molar-refractivity contribution in [2.45, 2.75) is 19.4 Å². The fourth-order valence-electron chi connectivity index (χ4n) is 2.36. The number of rotatable bonds is 3. The molecule has 1 aliphatic heterocycles. The molecule has 1 atom stereocenters. The summed E-state index contributed by atoms with van der Waals surface area (Å²) in [5.74, 6) is 0. The molecule has 1 aromatic rings. The quantitative estimate of drug-likeness (QED) is 0.856. The van der Waals surface area contributed by atoms with Crippen LogP contribution in [-0.4, -0.2) is 37.1 Å². The van der Waals surface area contributed by atoms with Crippen LogP contribution in [0.25, 0.3) is 0 Å². The average Bonchev–Trinajstić information content (AvgIpc) is 2.42. The molecule has 0 saturated carbocycles. The van der Waals surface area contributed by atoms with Gasteiger partial charge in [-0.2, -0.15) is 5.26 Å². The van der Waals surface area contributed by atoms with E-state index in [0.29, 0.717) is 22.5 Å². The number of piperazine rings is 1. The molecule has 3 nitrogen and oxygen atoms in total. The van der Waals surface area contributed by atoms with E-state index in [9.17, 15) is 0 Å². The minimum atomic E-state index is 0.334. The Morgan fingerprint density at radius 2 is 1.89 bits per heavy atom. The van der Waals surface area contributed by atoms with Crippen LogP contribution in [0.1, 0.15) is 13.3 Å². The summed E-state index contributed by atoms with van der Waals surface area (Å²) in [4.78, 5) is 4.66. The molecule has 19 heavy (non-hydrogen) atoms. The molecule has 1 aromatic carbocycles. The zero-order valence-corrected chi connectivity index (χ0v) is 12.5. The lowest BCUT2D eigenvalue weighted by molar-refractivity contribution is 0.199. The third-order valence-electron chi connectivity index (χ3n) is 3.59. The third kappa shape index (κ3) is 3.54. The van der Waals surface area contributed by atoms with Gasteiger partial charge in [-0.3, -0.25) is 4.90 Å². The summed E-state index contributed by atoms with van der Waals surface area (Å²) in [6, 6.07) is 8.32. The number of nitrogens with zero attached hydrogens (tertiary/aromatic N) is 3. The van der Waals surface area contributed by atoms with E-state index in [1.807, 2.05) is 18.2 Å². The van der Waals surface area contributed by atoms with Gasteiger partial charge >= 0.3 is 0 Å². The first-order valence-electron chi connectivity index (χ1n) is 6.43. The summed E-state index contributed by atoms with van der Waals surface area (Å²) in [7, 11) is 0. The number of hydrogen-bond donors (Lipinski definition) is 0. The van der Waals surface area contributed by atoms with Crippen LogP contribution in [0.2, 0.25) is 10.0 Å². The Morgan fingerprint density at radius 3 is 2.47 bits per heavy atom. The SMILES string of the molecule is CC(CC#N)N1CCN(c2ccc(Cl)c(Cl)c2)CC1. The van der Waals surface area contributed by atoms with Crippen molar-refractivity contribution in [3.05, 3.63) is 28.2 Å². The number of halogens is 2. The maximum atomic E-state index is 8.74. The highest BCUT2D eigenvalue weighted by atomic mass is 35.5. The van der Waals surface area contributed by atoms with Crippen LogP contribution in [0.4, 0.5) is 5.69 Å². The van der Waals surface area contributed by atoms with Crippen LogP contribution in [0, 0.1) is 11.3 Å². The molecule has 1 fully saturated rings. The first kappa shape index (κ1) is 14.5. The Hall–Kier alpha value is -0.950. The topological polar surface area (TPSA) is 30.3 Å². The summed E-state index contributed by atoms with van der Waals surface area (Å²) in [6.45, 7) is 5.96. The molecule has 2 rings (SSSR count). The third-order valence-corrected chi connectivity index (χ3v) is 4.33. The van der Waals surface area contributed by atoms with E-state index in [2.05, 4.69) is 22.8 Å². The monoisotopic (exact) mass is 297 g/mol. The molecule has 0 radical (unpaired) electrons. The highest BCUT2D eigenvalue weighted by Crippen LogP contribution is 2.27. The molecule has 0 spiro atoms. The van der Waals surface area contributed by atoms with E-state index in [-0.39, 0.29) is 0 Å². The predicted octanol–water partition coefficient (Wildman–Crippen LogP) is 3.42. The first-order valence-corrected chi connectivity index (χ1v) is 7.18. The van der Waals surface area contributed by atoms with E-state index >= 15 is 0 Å². The lowest BCUT2D eigenvalue weighted by atomic mass is 10.1. The Kier molecular flexibility index (Phi) is 4.93. The van der Waals surface area contributed by atoms with Gasteiger partial charge in [0.2, 0.25) is 0 Å². The van der Waals surface area contributed by atoms with Gasteiger partial charge in [0.1, 0.15) is 0 Å². The fourth-order valence-corrected chi connectivity index (χ4v) is 2.66. The van der Waals surface area contributed by atoms with Crippen molar-refractivity contribution in [2.75, 3.05) is 31.1 Å². The van der Waals surface area contributed by atoms with Crippen molar-refractivity contribution in [2.24, 2.45) is 0 Å². The standard InChI is InChI=1S/C14H17Cl2N3/c1-11(4-5-17)18-6-8-19(9-7-18)12-2-3-13(15)14(16)10-12/h2-3,10-11H,4,6-9H2,1H3. The summed E-state index contributed by atoms with van der Waals surface area (Å²) in [5, 5.41) is 9.93. The zero-order chi connectivity index (χ0) is 13.8. The largest absolute Gasteiger partial charge is 0.369 e. The van der Waals surface area contributed by atoms with Crippen LogP contribution < -0.4 is 4.90 Å². The Morgan fingerprint density at radius 1 is 1.21 bits per heavy atom. The van der Waals surface area contributed by atoms with Crippen LogP contribution in [-0.2, 0) is 0 Å². The van der Waals surface area contributed by atoms with Gasteiger partial charge in [-0.1, -0.05) is 23.2 Å². The minimum Gasteiger partial charge on any atom is -0.369 e. The van der Waals surface area contributed by atoms with E-state index in [0.717, 1.165) is 31.9 Å². The second-order valence-electron chi connectivity index (χ2n) is 4.83. The number of nitriles is 1. The van der Waals surface area contributed by atoms with Crippen LogP contribution >= 0.6 is 23.2 Å². The smallest absolute Gasteiger partial charge is 0.0638 e. The molecule has 0 N–H and O–H groups in total. The first-order chi connectivity index (χ1) is 9.11. The molecule has 1 unspecified atom stereocenters. The van der Waals surface area contributed by atoms with Gasteiger partial charge in [0.05, 0.1) is 22.5 Å². The number of hydrogen-bond acceptors (Lipinski definition) is 3. The van der Waals surface area contributed by atoms with E-state index in [1.54, 1.807) is 0 Å². The number of anilines is 1. The minimum absolute atomic E-state index is 0.334. The molecular weight excluding hydrogens is 281 g/mol. The Bertz CT molecular complexity index is 476. The fraction of sp³-hybridized carbons (Fsp3) is 0.500. The Balaban J connectivity index is 1.96. The van der Waals surface area contributed by atoms with E-state index < -0.39 is 0 Å². The molecule has 1 aliphatic rings. The van der Waals surface area contributed by atoms with Gasteiger partial charge in [-0.05, 0) is 25.1 Å². The maximum absolute atomic E-state index is 8.74. The van der Waals surface area contributed by atoms with Crippen LogP contribution in [0.5, 0.6) is 0 Å². The summed E-state index contributed by atoms with van der Waals surface area (Å²) in [6.07, 6.45) is 0.590. The predicted molar refractivity (Wildman–Crippen MR) is 79.9 cm³/mol. The molecule has 0 amide bonds. The summed E-state index contributed by atoms with van der Waals surface area (Å²) >= 11 is 12.0. The van der Waals surface area contributed by atoms with Crippen molar-refractivity contribution in [1.82, 2.24) is 4.90 Å². The van der Waals surface area contributed by atoms with Crippen molar-refractivity contribution in [3.8, 4) is 6.07 Å². The molecule has 5 heteroatoms. The van der Waals surface area contributed by atoms with Gasteiger partial charge in [-0.15, -0.1) is 0 Å². The zero-order valence-electron chi connectivity index (χ0n) is 10.9. The van der Waals surface area contributed by atoms with Crippen molar-refractivity contribution in [3.63, 3.8) is 0 Å². The second kappa shape index (κ2) is 6.47. The molecule has 0 bridgehead atoms. The Labute approximate surface area is 124 Å². The molecule has 102 valence electrons. The number of benzene rings is 1. The van der Waals surface area contributed by atoms with Crippen molar-refractivity contribution in [1.29, 1.82) is 5.26 Å². The van der Waals surface area contributed by atoms with Gasteiger partial charge in [0, 0.05) is 37.9 Å². The van der Waals surface area contributed by atoms with Gasteiger partial charge in [-0.25, -0.2) is 0 Å². The van der Waals surface area contributed by atoms with Crippen molar-refractivity contribution < 1.29 is 0 Å². The normalized spacial score (nSPS) is 18.1. The van der Waals surface area contributed by atoms with Gasteiger partial charge in [0.25, 0.3) is 0 Å². The summed E-state index contributed by atoms with van der Waals surface area (Å²) in [5.41, 5.74) is 1.11. The maximum Gasteiger partial charge on any atom is 0.0638 e. The molecular formula is C14H17Cl2N3. The summed E-state index contributed by atoms with van der Waals surface area (Å²) < 4.78 is 0. The van der Waals surface area contributed by atoms with Gasteiger partial charge in [0.15, 0.2) is 0 Å². The highest BCUT2D eigenvalue weighted by Gasteiger charge is 2.21. The van der Waals surface area contributed by atoms with E-state index in [4.69, 9.17) is 28.5 Å². The van der Waals surface area contributed by atoms with Crippen LogP contribution in [0.15, 0.2) is 18.2 Å². The highest BCUT2D eigenvalue weighted by molar-refractivity contribution is 6.42. The average molecular weight is 298 g/mol. The lowest BCUT2D eigenvalue weighted by Crippen LogP contribution is -2.49. The van der Waals surface area contributed by atoms with E-state index in [1.165, 1.54) is 0 Å². The van der Waals surface area contributed by atoms with Crippen molar-refractivity contribution >= 4 is 28.9 Å².